The molecule has 2 fully saturated rings. The molecule has 0 aliphatic carbocycles. The van der Waals surface area contributed by atoms with Gasteiger partial charge >= 0.3 is 0 Å². The summed E-state index contributed by atoms with van der Waals surface area (Å²) < 4.78 is 7.33. The number of halogens is 1. The summed E-state index contributed by atoms with van der Waals surface area (Å²) in [6.07, 6.45) is 4.65. The molecule has 2 aliphatic heterocycles. The van der Waals surface area contributed by atoms with Crippen molar-refractivity contribution in [3.8, 4) is 0 Å². The predicted molar refractivity (Wildman–Crippen MR) is 86.9 cm³/mol. The van der Waals surface area contributed by atoms with Gasteiger partial charge in [-0.2, -0.15) is 11.8 Å². The Kier molecular flexibility index (Phi) is 4.59. The van der Waals surface area contributed by atoms with Crippen molar-refractivity contribution in [3.63, 3.8) is 0 Å². The van der Waals surface area contributed by atoms with Crippen molar-refractivity contribution < 1.29 is 4.74 Å². The lowest BCUT2D eigenvalue weighted by molar-refractivity contribution is -0.105. The molecule has 0 amide bonds. The highest BCUT2D eigenvalue weighted by Crippen LogP contribution is 2.43. The summed E-state index contributed by atoms with van der Waals surface area (Å²) in [6.45, 7) is 0.883. The second-order valence-corrected chi connectivity index (χ2v) is 9.12. The molecule has 0 bridgehead atoms. The fraction of sp³-hybridized carbons (Fsp3) is 0.714. The maximum atomic E-state index is 6.50. The molecule has 2 aliphatic rings. The number of rotatable bonds is 2. The van der Waals surface area contributed by atoms with Gasteiger partial charge in [-0.3, -0.25) is 0 Å². The Morgan fingerprint density at radius 1 is 1.42 bits per heavy atom. The second-order valence-electron chi connectivity index (χ2n) is 5.61. The van der Waals surface area contributed by atoms with Gasteiger partial charge in [0.05, 0.1) is 9.39 Å². The topological polar surface area (TPSA) is 35.2 Å². The molecule has 2 atom stereocenters. The number of ether oxygens (including phenoxy) is 1. The predicted octanol–water partition coefficient (Wildman–Crippen LogP) is 4.20. The Bertz CT molecular complexity index is 425. The third-order valence-electron chi connectivity index (χ3n) is 4.42. The number of hydrogen-bond acceptors (Lipinski definition) is 4. The summed E-state index contributed by atoms with van der Waals surface area (Å²) in [5, 5.41) is 2.19. The first-order valence-corrected chi connectivity index (χ1v) is 9.72. The van der Waals surface area contributed by atoms with Gasteiger partial charge in [0.25, 0.3) is 0 Å². The fourth-order valence-electron chi connectivity index (χ4n) is 3.23. The Labute approximate surface area is 131 Å². The smallest absolute Gasteiger partial charge is 0.0701 e. The Balaban J connectivity index is 1.70. The quantitative estimate of drug-likeness (QED) is 0.856. The largest absolute Gasteiger partial charge is 0.375 e. The zero-order chi connectivity index (χ0) is 13.3. The van der Waals surface area contributed by atoms with E-state index in [1.807, 2.05) is 0 Å². The van der Waals surface area contributed by atoms with Crippen LogP contribution in [0.2, 0.25) is 0 Å². The van der Waals surface area contributed by atoms with Crippen LogP contribution >= 0.6 is 39.0 Å². The summed E-state index contributed by atoms with van der Waals surface area (Å²) in [5.74, 6) is 3.05. The van der Waals surface area contributed by atoms with E-state index in [1.54, 1.807) is 11.3 Å². The van der Waals surface area contributed by atoms with E-state index in [2.05, 4.69) is 39.1 Å². The highest BCUT2D eigenvalue weighted by molar-refractivity contribution is 9.11. The molecule has 2 unspecified atom stereocenters. The maximum Gasteiger partial charge on any atom is 0.0701 e. The van der Waals surface area contributed by atoms with Crippen LogP contribution in [0, 0.1) is 5.92 Å². The summed E-state index contributed by atoms with van der Waals surface area (Å²) >= 11 is 7.31. The lowest BCUT2D eigenvalue weighted by Crippen LogP contribution is -2.45. The zero-order valence-electron chi connectivity index (χ0n) is 10.9. The molecule has 3 heterocycles. The van der Waals surface area contributed by atoms with E-state index in [0.717, 1.165) is 19.4 Å². The SMILES string of the molecule is NC(c1csc(Br)c1)C1CCOC2(CCSCC2)C1. The number of thioether (sulfide) groups is 1. The van der Waals surface area contributed by atoms with Crippen molar-refractivity contribution >= 4 is 39.0 Å². The first kappa shape index (κ1) is 14.4. The van der Waals surface area contributed by atoms with E-state index < -0.39 is 0 Å². The molecule has 2 saturated heterocycles. The van der Waals surface area contributed by atoms with Crippen LogP contribution in [-0.2, 0) is 4.74 Å². The van der Waals surface area contributed by atoms with Crippen LogP contribution in [0.1, 0.15) is 37.3 Å². The van der Waals surface area contributed by atoms with Crippen molar-refractivity contribution in [2.45, 2.75) is 37.3 Å². The molecule has 0 saturated carbocycles. The third-order valence-corrected chi connectivity index (χ3v) is 6.92. The van der Waals surface area contributed by atoms with Crippen LogP contribution in [0.4, 0.5) is 0 Å². The number of hydrogen-bond donors (Lipinski definition) is 1. The van der Waals surface area contributed by atoms with Crippen molar-refractivity contribution in [2.75, 3.05) is 18.1 Å². The molecular weight excluding hydrogens is 342 g/mol. The van der Waals surface area contributed by atoms with E-state index in [4.69, 9.17) is 10.5 Å². The first-order valence-electron chi connectivity index (χ1n) is 6.90. The Hall–Kier alpha value is 0.450. The van der Waals surface area contributed by atoms with Crippen LogP contribution in [0.15, 0.2) is 15.2 Å². The molecule has 19 heavy (non-hydrogen) atoms. The molecule has 1 aromatic heterocycles. The van der Waals surface area contributed by atoms with Gasteiger partial charge in [0.15, 0.2) is 0 Å². The average Bonchev–Trinajstić information content (AvgIpc) is 2.85. The van der Waals surface area contributed by atoms with Gasteiger partial charge in [0.1, 0.15) is 0 Å². The zero-order valence-corrected chi connectivity index (χ0v) is 14.2. The molecule has 2 nitrogen and oxygen atoms in total. The van der Waals surface area contributed by atoms with Gasteiger partial charge in [-0.15, -0.1) is 11.3 Å². The normalized spacial score (nSPS) is 28.4. The molecule has 5 heteroatoms. The van der Waals surface area contributed by atoms with Gasteiger partial charge in [-0.25, -0.2) is 0 Å². The van der Waals surface area contributed by atoms with Crippen LogP contribution in [0.25, 0.3) is 0 Å². The van der Waals surface area contributed by atoms with Crippen molar-refractivity contribution in [2.24, 2.45) is 11.7 Å². The molecule has 2 N–H and O–H groups in total. The van der Waals surface area contributed by atoms with Crippen molar-refractivity contribution in [3.05, 3.63) is 20.8 Å². The summed E-state index contributed by atoms with van der Waals surface area (Å²) in [7, 11) is 0. The minimum Gasteiger partial charge on any atom is -0.375 e. The molecule has 106 valence electrons. The number of nitrogens with two attached hydrogens (primary N) is 1. The maximum absolute atomic E-state index is 6.50. The molecular formula is C14H20BrNOS2. The van der Waals surface area contributed by atoms with Gasteiger partial charge < -0.3 is 10.5 Å². The fourth-order valence-corrected chi connectivity index (χ4v) is 5.69. The Morgan fingerprint density at radius 3 is 2.89 bits per heavy atom. The highest BCUT2D eigenvalue weighted by Gasteiger charge is 2.40. The van der Waals surface area contributed by atoms with Crippen molar-refractivity contribution in [1.82, 2.24) is 0 Å². The molecule has 1 spiro atoms. The summed E-state index contributed by atoms with van der Waals surface area (Å²) in [6, 6.07) is 2.34. The van der Waals surface area contributed by atoms with Gasteiger partial charge in [-0.1, -0.05) is 0 Å². The summed E-state index contributed by atoms with van der Waals surface area (Å²) in [5.41, 5.74) is 7.92. The monoisotopic (exact) mass is 361 g/mol. The third kappa shape index (κ3) is 3.21. The molecule has 3 rings (SSSR count). The lowest BCUT2D eigenvalue weighted by atomic mass is 9.77. The average molecular weight is 362 g/mol. The van der Waals surface area contributed by atoms with E-state index in [0.29, 0.717) is 5.92 Å². The minimum atomic E-state index is 0.138. The van der Waals surface area contributed by atoms with Gasteiger partial charge in [-0.05, 0) is 76.0 Å². The molecule has 0 radical (unpaired) electrons. The van der Waals surface area contributed by atoms with E-state index in [1.165, 1.54) is 33.7 Å². The second kappa shape index (κ2) is 6.06. The van der Waals surface area contributed by atoms with Crippen LogP contribution in [-0.4, -0.2) is 23.7 Å². The molecule has 1 aromatic rings. The highest BCUT2D eigenvalue weighted by atomic mass is 79.9. The van der Waals surface area contributed by atoms with E-state index >= 15 is 0 Å². The number of thiophene rings is 1. The van der Waals surface area contributed by atoms with Gasteiger partial charge in [0, 0.05) is 12.6 Å². The van der Waals surface area contributed by atoms with Gasteiger partial charge in [0.2, 0.25) is 0 Å². The van der Waals surface area contributed by atoms with Crippen molar-refractivity contribution in [1.29, 1.82) is 0 Å². The lowest BCUT2D eigenvalue weighted by Gasteiger charge is -2.44. The standard InChI is InChI=1S/C14H20BrNOS2/c15-12-7-11(9-19-12)13(16)10-1-4-17-14(8-10)2-5-18-6-3-14/h7,9-10,13H,1-6,8,16H2. The summed E-state index contributed by atoms with van der Waals surface area (Å²) in [4.78, 5) is 0. The van der Waals surface area contributed by atoms with E-state index in [9.17, 15) is 0 Å². The van der Waals surface area contributed by atoms with Crippen LogP contribution in [0.3, 0.4) is 0 Å². The minimum absolute atomic E-state index is 0.138. The molecule has 0 aromatic carbocycles. The Morgan fingerprint density at radius 2 is 2.21 bits per heavy atom. The first-order chi connectivity index (χ1) is 9.19. The van der Waals surface area contributed by atoms with E-state index in [-0.39, 0.29) is 11.6 Å². The van der Waals surface area contributed by atoms with Crippen LogP contribution < -0.4 is 5.73 Å². The van der Waals surface area contributed by atoms with Crippen LogP contribution in [0.5, 0.6) is 0 Å².